The molecule has 1 unspecified atom stereocenters. The lowest BCUT2D eigenvalue weighted by atomic mass is 10.1. The smallest absolute Gasteiger partial charge is 0.229 e. The summed E-state index contributed by atoms with van der Waals surface area (Å²) in [4.78, 5) is 27.7. The fourth-order valence-electron chi connectivity index (χ4n) is 2.85. The molecule has 4 nitrogen and oxygen atoms in total. The van der Waals surface area contributed by atoms with Crippen molar-refractivity contribution < 1.29 is 9.59 Å². The van der Waals surface area contributed by atoms with Gasteiger partial charge in [-0.05, 0) is 71.1 Å². The Morgan fingerprint density at radius 2 is 1.96 bits per heavy atom. The van der Waals surface area contributed by atoms with Crippen LogP contribution in [0.15, 0.2) is 51.8 Å². The standard InChI is InChI=1S/C19H19BrN2O2S/c1-12-3-8-17(16(20)9-12)21-19(24)13-10-18(23)22(11-13)14-4-6-15(25-2)7-5-14/h3-9,13H,10-11H2,1-2H3,(H,21,24). The normalized spacial score (nSPS) is 17.0. The van der Waals surface area contributed by atoms with Crippen molar-refractivity contribution in [3.63, 3.8) is 0 Å². The summed E-state index contributed by atoms with van der Waals surface area (Å²) >= 11 is 5.12. The quantitative estimate of drug-likeness (QED) is 0.744. The first-order valence-corrected chi connectivity index (χ1v) is 10.0. The van der Waals surface area contributed by atoms with E-state index in [1.165, 1.54) is 0 Å². The molecule has 0 saturated carbocycles. The molecule has 2 aromatic carbocycles. The topological polar surface area (TPSA) is 49.4 Å². The Morgan fingerprint density at radius 1 is 1.24 bits per heavy atom. The third kappa shape index (κ3) is 4.07. The van der Waals surface area contributed by atoms with Gasteiger partial charge in [-0.2, -0.15) is 0 Å². The maximum absolute atomic E-state index is 12.6. The number of amides is 2. The molecule has 130 valence electrons. The van der Waals surface area contributed by atoms with Crippen molar-refractivity contribution in [1.82, 2.24) is 0 Å². The van der Waals surface area contributed by atoms with Crippen molar-refractivity contribution in [3.8, 4) is 0 Å². The Kier molecular flexibility index (Phi) is 5.49. The highest BCUT2D eigenvalue weighted by molar-refractivity contribution is 9.10. The van der Waals surface area contributed by atoms with Crippen LogP contribution in [0.1, 0.15) is 12.0 Å². The van der Waals surface area contributed by atoms with E-state index in [-0.39, 0.29) is 24.2 Å². The summed E-state index contributed by atoms with van der Waals surface area (Å²) in [6.45, 7) is 2.40. The van der Waals surface area contributed by atoms with Crippen molar-refractivity contribution in [2.24, 2.45) is 5.92 Å². The molecular weight excluding hydrogens is 400 g/mol. The van der Waals surface area contributed by atoms with Gasteiger partial charge in [0.1, 0.15) is 0 Å². The fraction of sp³-hybridized carbons (Fsp3) is 0.263. The van der Waals surface area contributed by atoms with E-state index in [0.717, 1.165) is 26.3 Å². The molecule has 1 N–H and O–H groups in total. The number of nitrogens with zero attached hydrogens (tertiary/aromatic N) is 1. The summed E-state index contributed by atoms with van der Waals surface area (Å²) in [5.74, 6) is -0.484. The van der Waals surface area contributed by atoms with Crippen LogP contribution in [0.4, 0.5) is 11.4 Å². The molecule has 6 heteroatoms. The molecule has 0 aliphatic carbocycles. The summed E-state index contributed by atoms with van der Waals surface area (Å²) in [6, 6.07) is 13.6. The highest BCUT2D eigenvalue weighted by Crippen LogP contribution is 2.29. The van der Waals surface area contributed by atoms with E-state index in [9.17, 15) is 9.59 Å². The summed E-state index contributed by atoms with van der Waals surface area (Å²) in [6.07, 6.45) is 2.25. The van der Waals surface area contributed by atoms with Gasteiger partial charge in [0.2, 0.25) is 11.8 Å². The molecule has 1 saturated heterocycles. The van der Waals surface area contributed by atoms with Crippen molar-refractivity contribution in [3.05, 3.63) is 52.5 Å². The van der Waals surface area contributed by atoms with Crippen LogP contribution in [-0.2, 0) is 9.59 Å². The number of aryl methyl sites for hydroxylation is 1. The van der Waals surface area contributed by atoms with E-state index >= 15 is 0 Å². The van der Waals surface area contributed by atoms with E-state index in [2.05, 4.69) is 21.2 Å². The van der Waals surface area contributed by atoms with Crippen LogP contribution in [-0.4, -0.2) is 24.6 Å². The lowest BCUT2D eigenvalue weighted by molar-refractivity contribution is -0.122. The van der Waals surface area contributed by atoms with Gasteiger partial charge >= 0.3 is 0 Å². The first-order valence-electron chi connectivity index (χ1n) is 7.99. The van der Waals surface area contributed by atoms with Crippen LogP contribution in [0, 0.1) is 12.8 Å². The first kappa shape index (κ1) is 18.0. The van der Waals surface area contributed by atoms with Crippen molar-refractivity contribution in [2.45, 2.75) is 18.2 Å². The van der Waals surface area contributed by atoms with E-state index in [0.29, 0.717) is 6.54 Å². The zero-order chi connectivity index (χ0) is 18.0. The molecule has 1 fully saturated rings. The molecule has 25 heavy (non-hydrogen) atoms. The number of carbonyl (C=O) groups excluding carboxylic acids is 2. The van der Waals surface area contributed by atoms with Gasteiger partial charge in [0, 0.05) is 28.0 Å². The number of nitrogens with one attached hydrogen (secondary N) is 1. The summed E-state index contributed by atoms with van der Waals surface area (Å²) in [7, 11) is 0. The molecule has 0 aromatic heterocycles. The summed E-state index contributed by atoms with van der Waals surface area (Å²) < 4.78 is 0.842. The predicted molar refractivity (Wildman–Crippen MR) is 106 cm³/mol. The van der Waals surface area contributed by atoms with Crippen LogP contribution in [0.2, 0.25) is 0 Å². The predicted octanol–water partition coefficient (Wildman–Crippen LogP) is 4.47. The van der Waals surface area contributed by atoms with Gasteiger partial charge in [0.25, 0.3) is 0 Å². The second kappa shape index (κ2) is 7.62. The van der Waals surface area contributed by atoms with Gasteiger partial charge in [-0.3, -0.25) is 9.59 Å². The molecule has 1 atom stereocenters. The summed E-state index contributed by atoms with van der Waals surface area (Å²) in [5, 5.41) is 2.92. The van der Waals surface area contributed by atoms with Crippen LogP contribution in [0.5, 0.6) is 0 Å². The average Bonchev–Trinajstić information content (AvgIpc) is 2.99. The Balaban J connectivity index is 1.69. The van der Waals surface area contributed by atoms with Gasteiger partial charge < -0.3 is 10.2 Å². The molecule has 1 heterocycles. The monoisotopic (exact) mass is 418 g/mol. The maximum Gasteiger partial charge on any atom is 0.229 e. The molecule has 0 spiro atoms. The van der Waals surface area contributed by atoms with E-state index in [1.807, 2.05) is 55.6 Å². The molecule has 3 rings (SSSR count). The average molecular weight is 419 g/mol. The number of rotatable bonds is 4. The molecule has 0 radical (unpaired) electrons. The van der Waals surface area contributed by atoms with Gasteiger partial charge in [-0.25, -0.2) is 0 Å². The molecular formula is C19H19BrN2O2S. The highest BCUT2D eigenvalue weighted by Gasteiger charge is 2.35. The van der Waals surface area contributed by atoms with Crippen LogP contribution in [0.3, 0.4) is 0 Å². The Labute approximate surface area is 160 Å². The molecule has 2 amide bonds. The second-order valence-corrected chi connectivity index (χ2v) is 7.81. The lowest BCUT2D eigenvalue weighted by Gasteiger charge is -2.17. The Bertz CT molecular complexity index is 808. The molecule has 1 aliphatic rings. The number of benzene rings is 2. The van der Waals surface area contributed by atoms with Crippen LogP contribution in [0.25, 0.3) is 0 Å². The maximum atomic E-state index is 12.6. The lowest BCUT2D eigenvalue weighted by Crippen LogP contribution is -2.28. The number of thioether (sulfide) groups is 1. The largest absolute Gasteiger partial charge is 0.325 e. The number of hydrogen-bond acceptors (Lipinski definition) is 3. The number of hydrogen-bond donors (Lipinski definition) is 1. The van der Waals surface area contributed by atoms with Crippen LogP contribution >= 0.6 is 27.7 Å². The third-order valence-corrected chi connectivity index (χ3v) is 5.66. The number of anilines is 2. The van der Waals surface area contributed by atoms with Gasteiger partial charge in [-0.1, -0.05) is 6.07 Å². The first-order chi connectivity index (χ1) is 12.0. The van der Waals surface area contributed by atoms with E-state index < -0.39 is 0 Å². The summed E-state index contributed by atoms with van der Waals surface area (Å²) in [5.41, 5.74) is 2.68. The zero-order valence-electron chi connectivity index (χ0n) is 14.1. The van der Waals surface area contributed by atoms with Crippen molar-refractivity contribution in [2.75, 3.05) is 23.0 Å². The van der Waals surface area contributed by atoms with Crippen LogP contribution < -0.4 is 10.2 Å². The second-order valence-electron chi connectivity index (χ2n) is 6.08. The minimum Gasteiger partial charge on any atom is -0.325 e. The molecule has 0 bridgehead atoms. The third-order valence-electron chi connectivity index (χ3n) is 4.26. The minimum absolute atomic E-state index is 0.0139. The van der Waals surface area contributed by atoms with Gasteiger partial charge in [0.15, 0.2) is 0 Å². The van der Waals surface area contributed by atoms with E-state index in [1.54, 1.807) is 16.7 Å². The number of halogens is 1. The minimum atomic E-state index is -0.346. The molecule has 2 aromatic rings. The van der Waals surface area contributed by atoms with Crippen molar-refractivity contribution in [1.29, 1.82) is 0 Å². The molecule has 1 aliphatic heterocycles. The Morgan fingerprint density at radius 3 is 2.60 bits per heavy atom. The van der Waals surface area contributed by atoms with Gasteiger partial charge in [-0.15, -0.1) is 11.8 Å². The Hall–Kier alpha value is -1.79. The van der Waals surface area contributed by atoms with Crippen molar-refractivity contribution >= 4 is 50.9 Å². The highest BCUT2D eigenvalue weighted by atomic mass is 79.9. The zero-order valence-corrected chi connectivity index (χ0v) is 16.5. The SMILES string of the molecule is CSc1ccc(N2CC(C(=O)Nc3ccc(C)cc3Br)CC2=O)cc1. The van der Waals surface area contributed by atoms with E-state index in [4.69, 9.17) is 0 Å². The number of carbonyl (C=O) groups is 2. The fourth-order valence-corrected chi connectivity index (χ4v) is 3.85. The van der Waals surface area contributed by atoms with Gasteiger partial charge in [0.05, 0.1) is 11.6 Å².